The average molecular weight is 290 g/mol. The van der Waals surface area contributed by atoms with Gasteiger partial charge in [0.25, 0.3) is 5.69 Å². The average Bonchev–Trinajstić information content (AvgIpc) is 2.77. The summed E-state index contributed by atoms with van der Waals surface area (Å²) in [5.41, 5.74) is 1.70. The largest absolute Gasteiger partial charge is 0.374 e. The first-order valence-electron chi connectivity index (χ1n) is 7.07. The number of hydrogen-bond donors (Lipinski definition) is 3. The van der Waals surface area contributed by atoms with E-state index in [0.29, 0.717) is 16.9 Å². The van der Waals surface area contributed by atoms with Crippen molar-refractivity contribution in [1.82, 2.24) is 5.32 Å². The van der Waals surface area contributed by atoms with Crippen LogP contribution in [0.1, 0.15) is 25.3 Å². The molecule has 2 heterocycles. The zero-order valence-electron chi connectivity index (χ0n) is 11.9. The molecule has 0 aliphatic carbocycles. The first-order chi connectivity index (χ1) is 9.97. The van der Waals surface area contributed by atoms with Crippen molar-refractivity contribution in [3.63, 3.8) is 0 Å². The van der Waals surface area contributed by atoms with E-state index in [-0.39, 0.29) is 23.6 Å². The van der Waals surface area contributed by atoms with Gasteiger partial charge in [0.05, 0.1) is 11.3 Å². The molecule has 2 aliphatic rings. The maximum absolute atomic E-state index is 11.4. The van der Waals surface area contributed by atoms with Crippen LogP contribution in [0.5, 0.6) is 0 Å². The molecule has 0 spiro atoms. The molecule has 1 saturated heterocycles. The molecule has 1 fully saturated rings. The van der Waals surface area contributed by atoms with Gasteiger partial charge in [-0.2, -0.15) is 0 Å². The van der Waals surface area contributed by atoms with Gasteiger partial charge < -0.3 is 16.0 Å². The van der Waals surface area contributed by atoms with Gasteiger partial charge >= 0.3 is 0 Å². The number of nitro benzene ring substituents is 1. The first-order valence-corrected chi connectivity index (χ1v) is 7.07. The molecule has 3 N–H and O–H groups in total. The maximum atomic E-state index is 11.4. The van der Waals surface area contributed by atoms with E-state index >= 15 is 0 Å². The van der Waals surface area contributed by atoms with Gasteiger partial charge in [-0.1, -0.05) is 0 Å². The summed E-state index contributed by atoms with van der Waals surface area (Å²) in [6.45, 7) is 3.85. The van der Waals surface area contributed by atoms with E-state index in [1.54, 1.807) is 6.07 Å². The van der Waals surface area contributed by atoms with Gasteiger partial charge in [-0.15, -0.1) is 0 Å². The van der Waals surface area contributed by atoms with E-state index < -0.39 is 4.92 Å². The predicted octanol–water partition coefficient (Wildman–Crippen LogP) is 1.64. The number of nitrogens with zero attached hydrogens (tertiary/aromatic N) is 1. The highest BCUT2D eigenvalue weighted by molar-refractivity contribution is 6.00. The number of nitro groups is 1. The third-order valence-corrected chi connectivity index (χ3v) is 4.19. The molecule has 0 unspecified atom stereocenters. The Bertz CT molecular complexity index is 608. The second-order valence-electron chi connectivity index (χ2n) is 5.94. The lowest BCUT2D eigenvalue weighted by molar-refractivity contribution is -0.384. The lowest BCUT2D eigenvalue weighted by atomic mass is 9.90. The van der Waals surface area contributed by atoms with Crippen molar-refractivity contribution in [1.29, 1.82) is 0 Å². The SMILES string of the molecule is CC1(Nc2cc3c(cc2[N+](=O)[O-])CC(=O)N3)CCNCC1. The summed E-state index contributed by atoms with van der Waals surface area (Å²) in [4.78, 5) is 22.3. The fourth-order valence-electron chi connectivity index (χ4n) is 2.94. The van der Waals surface area contributed by atoms with Gasteiger partial charge in [0, 0.05) is 17.3 Å². The number of nitrogens with one attached hydrogen (secondary N) is 3. The van der Waals surface area contributed by atoms with Crippen LogP contribution < -0.4 is 16.0 Å². The van der Waals surface area contributed by atoms with E-state index in [9.17, 15) is 14.9 Å². The number of carbonyl (C=O) groups excluding carboxylic acids is 1. The topological polar surface area (TPSA) is 96.3 Å². The Morgan fingerprint density at radius 2 is 2.05 bits per heavy atom. The van der Waals surface area contributed by atoms with Crippen molar-refractivity contribution < 1.29 is 9.72 Å². The fraction of sp³-hybridized carbons (Fsp3) is 0.500. The Labute approximate surface area is 122 Å². The molecule has 0 atom stereocenters. The minimum Gasteiger partial charge on any atom is -0.374 e. The predicted molar refractivity (Wildman–Crippen MR) is 79.6 cm³/mol. The van der Waals surface area contributed by atoms with Crippen molar-refractivity contribution in [3.05, 3.63) is 27.8 Å². The Morgan fingerprint density at radius 3 is 2.71 bits per heavy atom. The molecule has 1 aromatic carbocycles. The minimum atomic E-state index is -0.393. The van der Waals surface area contributed by atoms with Crippen LogP contribution in [0.2, 0.25) is 0 Å². The Hall–Kier alpha value is -2.15. The van der Waals surface area contributed by atoms with E-state index in [1.807, 2.05) is 0 Å². The second-order valence-corrected chi connectivity index (χ2v) is 5.94. The molecule has 0 bridgehead atoms. The molecule has 2 aliphatic heterocycles. The fourth-order valence-corrected chi connectivity index (χ4v) is 2.94. The number of anilines is 2. The van der Waals surface area contributed by atoms with Gasteiger partial charge in [-0.05, 0) is 44.5 Å². The second kappa shape index (κ2) is 5.00. The summed E-state index contributed by atoms with van der Waals surface area (Å²) < 4.78 is 0. The molecule has 1 aromatic rings. The molecule has 0 saturated carbocycles. The first kappa shape index (κ1) is 13.8. The third kappa shape index (κ3) is 2.69. The van der Waals surface area contributed by atoms with Crippen LogP contribution >= 0.6 is 0 Å². The smallest absolute Gasteiger partial charge is 0.292 e. The number of benzene rings is 1. The van der Waals surface area contributed by atoms with Crippen molar-refractivity contribution in [2.75, 3.05) is 23.7 Å². The maximum Gasteiger partial charge on any atom is 0.292 e. The molecule has 7 heteroatoms. The quantitative estimate of drug-likeness (QED) is 0.581. The lowest BCUT2D eigenvalue weighted by Gasteiger charge is -2.35. The molecule has 112 valence electrons. The number of rotatable bonds is 3. The molecule has 1 amide bonds. The van der Waals surface area contributed by atoms with Crippen LogP contribution in [0.3, 0.4) is 0 Å². The summed E-state index contributed by atoms with van der Waals surface area (Å²) in [6, 6.07) is 3.19. The molecular formula is C14H18N4O3. The van der Waals surface area contributed by atoms with Crippen LogP contribution in [0.4, 0.5) is 17.1 Å². The van der Waals surface area contributed by atoms with Gasteiger partial charge in [0.15, 0.2) is 0 Å². The van der Waals surface area contributed by atoms with Crippen molar-refractivity contribution >= 4 is 23.0 Å². The normalized spacial score (nSPS) is 19.8. The number of hydrogen-bond acceptors (Lipinski definition) is 5. The van der Waals surface area contributed by atoms with Crippen LogP contribution in [0.15, 0.2) is 12.1 Å². The number of piperidine rings is 1. The molecular weight excluding hydrogens is 272 g/mol. The van der Waals surface area contributed by atoms with Crippen LogP contribution in [-0.4, -0.2) is 29.5 Å². The van der Waals surface area contributed by atoms with E-state index in [1.165, 1.54) is 6.07 Å². The molecule has 7 nitrogen and oxygen atoms in total. The molecule has 3 rings (SSSR count). The van der Waals surface area contributed by atoms with Crippen LogP contribution in [-0.2, 0) is 11.2 Å². The number of fused-ring (bicyclic) bond motifs is 1. The van der Waals surface area contributed by atoms with Crippen LogP contribution in [0.25, 0.3) is 0 Å². The monoisotopic (exact) mass is 290 g/mol. The molecule has 0 aromatic heterocycles. The zero-order chi connectivity index (χ0) is 15.0. The summed E-state index contributed by atoms with van der Waals surface area (Å²) in [7, 11) is 0. The van der Waals surface area contributed by atoms with E-state index in [4.69, 9.17) is 0 Å². The lowest BCUT2D eigenvalue weighted by Crippen LogP contribution is -2.45. The summed E-state index contributed by atoms with van der Waals surface area (Å²) in [5, 5.41) is 20.6. The van der Waals surface area contributed by atoms with E-state index in [0.717, 1.165) is 25.9 Å². The zero-order valence-corrected chi connectivity index (χ0v) is 11.9. The highest BCUT2D eigenvalue weighted by atomic mass is 16.6. The summed E-state index contributed by atoms with van der Waals surface area (Å²) in [6.07, 6.45) is 2.00. The van der Waals surface area contributed by atoms with Gasteiger partial charge in [-0.3, -0.25) is 14.9 Å². The Morgan fingerprint density at radius 1 is 1.33 bits per heavy atom. The van der Waals surface area contributed by atoms with Crippen molar-refractivity contribution in [2.45, 2.75) is 31.7 Å². The van der Waals surface area contributed by atoms with Gasteiger partial charge in [0.2, 0.25) is 5.91 Å². The Kier molecular flexibility index (Phi) is 3.29. The highest BCUT2D eigenvalue weighted by Crippen LogP contribution is 2.37. The standard InChI is InChI=1S/C14H18N4O3/c1-14(2-4-15-5-3-14)17-11-8-10-9(7-13(19)16-10)6-12(11)18(20)21/h6,8,15,17H,2-5,7H2,1H3,(H,16,19). The van der Waals surface area contributed by atoms with Crippen molar-refractivity contribution in [3.8, 4) is 0 Å². The molecule has 0 radical (unpaired) electrons. The van der Waals surface area contributed by atoms with E-state index in [2.05, 4.69) is 22.9 Å². The number of carbonyl (C=O) groups is 1. The molecule has 21 heavy (non-hydrogen) atoms. The van der Waals surface area contributed by atoms with Crippen molar-refractivity contribution in [2.24, 2.45) is 0 Å². The minimum absolute atomic E-state index is 0.0324. The summed E-state index contributed by atoms with van der Waals surface area (Å²) in [5.74, 6) is -0.121. The van der Waals surface area contributed by atoms with Crippen LogP contribution in [0, 0.1) is 10.1 Å². The van der Waals surface area contributed by atoms with Gasteiger partial charge in [-0.25, -0.2) is 0 Å². The number of amides is 1. The summed E-state index contributed by atoms with van der Waals surface area (Å²) >= 11 is 0. The van der Waals surface area contributed by atoms with Gasteiger partial charge in [0.1, 0.15) is 5.69 Å². The highest BCUT2D eigenvalue weighted by Gasteiger charge is 2.31. The third-order valence-electron chi connectivity index (χ3n) is 4.19. The Balaban J connectivity index is 1.95.